The van der Waals surface area contributed by atoms with Gasteiger partial charge in [-0.25, -0.2) is 0 Å². The van der Waals surface area contributed by atoms with Crippen LogP contribution in [0.15, 0.2) is 24.3 Å². The Hall–Kier alpha value is -1.62. The van der Waals surface area contributed by atoms with E-state index >= 15 is 0 Å². The van der Waals surface area contributed by atoms with E-state index in [9.17, 15) is 8.42 Å². The van der Waals surface area contributed by atoms with Gasteiger partial charge >= 0.3 is 0 Å². The van der Waals surface area contributed by atoms with Crippen molar-refractivity contribution in [2.24, 2.45) is 0 Å². The Kier molecular flexibility index (Phi) is 4.28. The van der Waals surface area contributed by atoms with Crippen LogP contribution in [0.2, 0.25) is 0 Å². The van der Waals surface area contributed by atoms with Gasteiger partial charge in [-0.1, -0.05) is 0 Å². The van der Waals surface area contributed by atoms with Crippen LogP contribution in [0.5, 0.6) is 0 Å². The van der Waals surface area contributed by atoms with Crippen molar-refractivity contribution < 1.29 is 8.42 Å². The fraction of sp³-hybridized carbons (Fsp3) is 0.462. The zero-order valence-electron chi connectivity index (χ0n) is 11.7. The quantitative estimate of drug-likeness (QED) is 0.813. The number of benzene rings is 1. The molecule has 7 heteroatoms. The summed E-state index contributed by atoms with van der Waals surface area (Å²) in [5, 5.41) is 8.77. The van der Waals surface area contributed by atoms with Gasteiger partial charge in [0.15, 0.2) is 0 Å². The maximum Gasteiger partial charge on any atom is 0.281 e. The molecule has 0 unspecified atom stereocenters. The number of rotatable bonds is 3. The van der Waals surface area contributed by atoms with E-state index in [1.165, 1.54) is 8.61 Å². The third kappa shape index (κ3) is 2.93. The van der Waals surface area contributed by atoms with Gasteiger partial charge in [-0.05, 0) is 24.3 Å². The number of nitrogens with zero attached hydrogens (tertiary/aromatic N) is 4. The normalized spacial score (nSPS) is 17.2. The van der Waals surface area contributed by atoms with Crippen molar-refractivity contribution in [3.63, 3.8) is 0 Å². The minimum Gasteiger partial charge on any atom is -0.369 e. The number of nitriles is 1. The fourth-order valence-electron chi connectivity index (χ4n) is 2.15. The lowest BCUT2D eigenvalue weighted by molar-refractivity contribution is 0.355. The minimum atomic E-state index is -3.32. The molecular formula is C13H18N4O2S. The van der Waals surface area contributed by atoms with Crippen LogP contribution in [0.3, 0.4) is 0 Å². The average molecular weight is 294 g/mol. The summed E-state index contributed by atoms with van der Waals surface area (Å²) in [5.74, 6) is 0. The van der Waals surface area contributed by atoms with Gasteiger partial charge in [-0.2, -0.15) is 22.3 Å². The summed E-state index contributed by atoms with van der Waals surface area (Å²) in [4.78, 5) is 2.13. The van der Waals surface area contributed by atoms with Crippen LogP contribution in [0, 0.1) is 11.3 Å². The Morgan fingerprint density at radius 3 is 2.10 bits per heavy atom. The monoisotopic (exact) mass is 294 g/mol. The summed E-state index contributed by atoms with van der Waals surface area (Å²) in [7, 11) is -0.231. The Morgan fingerprint density at radius 1 is 1.10 bits per heavy atom. The predicted octanol–water partition coefficient (Wildman–Crippen LogP) is 0.487. The molecule has 1 aliphatic rings. The lowest BCUT2D eigenvalue weighted by Gasteiger charge is -2.36. The van der Waals surface area contributed by atoms with E-state index in [0.29, 0.717) is 31.7 Å². The summed E-state index contributed by atoms with van der Waals surface area (Å²) in [6.07, 6.45) is 0. The third-order valence-electron chi connectivity index (χ3n) is 3.39. The molecule has 1 aromatic carbocycles. The van der Waals surface area contributed by atoms with Gasteiger partial charge in [0.25, 0.3) is 10.2 Å². The van der Waals surface area contributed by atoms with Crippen LogP contribution in [0.25, 0.3) is 0 Å². The molecule has 0 bridgehead atoms. The predicted molar refractivity (Wildman–Crippen MR) is 77.5 cm³/mol. The summed E-state index contributed by atoms with van der Waals surface area (Å²) < 4.78 is 26.8. The van der Waals surface area contributed by atoms with E-state index in [2.05, 4.69) is 11.0 Å². The Bertz CT molecular complexity index is 596. The molecule has 2 rings (SSSR count). The highest BCUT2D eigenvalue weighted by Crippen LogP contribution is 2.18. The Morgan fingerprint density at radius 2 is 1.65 bits per heavy atom. The minimum absolute atomic E-state index is 0.473. The molecule has 0 radical (unpaired) electrons. The molecule has 0 N–H and O–H groups in total. The first kappa shape index (κ1) is 14.8. The maximum absolute atomic E-state index is 12.0. The van der Waals surface area contributed by atoms with Crippen LogP contribution < -0.4 is 4.90 Å². The Balaban J connectivity index is 2.03. The molecule has 108 valence electrons. The number of anilines is 1. The van der Waals surface area contributed by atoms with Crippen LogP contribution in [-0.2, 0) is 10.2 Å². The van der Waals surface area contributed by atoms with Crippen molar-refractivity contribution in [2.75, 3.05) is 45.2 Å². The van der Waals surface area contributed by atoms with Crippen molar-refractivity contribution in [2.45, 2.75) is 0 Å². The van der Waals surface area contributed by atoms with Gasteiger partial charge < -0.3 is 4.90 Å². The first-order chi connectivity index (χ1) is 9.45. The molecule has 6 nitrogen and oxygen atoms in total. The molecule has 1 saturated heterocycles. The lowest BCUT2D eigenvalue weighted by atomic mass is 10.2. The second kappa shape index (κ2) is 5.79. The van der Waals surface area contributed by atoms with Crippen LogP contribution in [-0.4, -0.2) is 57.3 Å². The fourth-order valence-corrected chi connectivity index (χ4v) is 3.24. The van der Waals surface area contributed by atoms with Crippen LogP contribution in [0.1, 0.15) is 5.56 Å². The van der Waals surface area contributed by atoms with E-state index < -0.39 is 10.2 Å². The molecule has 1 aromatic rings. The largest absolute Gasteiger partial charge is 0.369 e. The molecule has 0 spiro atoms. The maximum atomic E-state index is 12.0. The lowest BCUT2D eigenvalue weighted by Crippen LogP contribution is -2.51. The molecule has 0 saturated carbocycles. The molecule has 1 aliphatic heterocycles. The summed E-state index contributed by atoms with van der Waals surface area (Å²) in [6, 6.07) is 9.43. The van der Waals surface area contributed by atoms with E-state index in [1.807, 2.05) is 12.1 Å². The van der Waals surface area contributed by atoms with Crippen LogP contribution in [0.4, 0.5) is 5.69 Å². The first-order valence-corrected chi connectivity index (χ1v) is 7.77. The summed E-state index contributed by atoms with van der Waals surface area (Å²) in [5.41, 5.74) is 1.65. The molecule has 0 amide bonds. The number of piperazine rings is 1. The summed E-state index contributed by atoms with van der Waals surface area (Å²) >= 11 is 0. The van der Waals surface area contributed by atoms with Gasteiger partial charge in [-0.15, -0.1) is 0 Å². The third-order valence-corrected chi connectivity index (χ3v) is 5.33. The molecule has 20 heavy (non-hydrogen) atoms. The van der Waals surface area contributed by atoms with Crippen LogP contribution >= 0.6 is 0 Å². The topological polar surface area (TPSA) is 67.7 Å². The van der Waals surface area contributed by atoms with E-state index in [1.54, 1.807) is 26.2 Å². The van der Waals surface area contributed by atoms with Crippen molar-refractivity contribution >= 4 is 15.9 Å². The second-order valence-electron chi connectivity index (χ2n) is 4.83. The zero-order valence-corrected chi connectivity index (χ0v) is 12.5. The standard InChI is InChI=1S/C13H18N4O2S/c1-15(2)20(18,19)17-9-7-16(8-10-17)13-5-3-12(11-14)4-6-13/h3-6H,7-10H2,1-2H3. The van der Waals surface area contributed by atoms with Gasteiger partial charge in [0.1, 0.15) is 0 Å². The molecule has 0 aromatic heterocycles. The van der Waals surface area contributed by atoms with Gasteiger partial charge in [0, 0.05) is 46.0 Å². The molecule has 0 atom stereocenters. The Labute approximate surface area is 120 Å². The van der Waals surface area contributed by atoms with E-state index in [-0.39, 0.29) is 0 Å². The van der Waals surface area contributed by atoms with Crippen molar-refractivity contribution in [1.82, 2.24) is 8.61 Å². The van der Waals surface area contributed by atoms with Gasteiger partial charge in [0.2, 0.25) is 0 Å². The van der Waals surface area contributed by atoms with E-state index in [0.717, 1.165) is 5.69 Å². The average Bonchev–Trinajstić information content (AvgIpc) is 2.47. The van der Waals surface area contributed by atoms with Crippen molar-refractivity contribution in [3.05, 3.63) is 29.8 Å². The summed E-state index contributed by atoms with van der Waals surface area (Å²) in [6.45, 7) is 2.25. The SMILES string of the molecule is CN(C)S(=O)(=O)N1CCN(c2ccc(C#N)cc2)CC1. The highest BCUT2D eigenvalue weighted by Gasteiger charge is 2.28. The van der Waals surface area contributed by atoms with Gasteiger partial charge in [-0.3, -0.25) is 0 Å². The van der Waals surface area contributed by atoms with Gasteiger partial charge in [0.05, 0.1) is 11.6 Å². The van der Waals surface area contributed by atoms with Crippen molar-refractivity contribution in [3.8, 4) is 6.07 Å². The number of hydrogen-bond acceptors (Lipinski definition) is 4. The smallest absolute Gasteiger partial charge is 0.281 e. The first-order valence-electron chi connectivity index (χ1n) is 6.38. The van der Waals surface area contributed by atoms with Crippen molar-refractivity contribution in [1.29, 1.82) is 5.26 Å². The van der Waals surface area contributed by atoms with E-state index in [4.69, 9.17) is 5.26 Å². The second-order valence-corrected chi connectivity index (χ2v) is 6.98. The molecule has 1 heterocycles. The number of hydrogen-bond donors (Lipinski definition) is 0. The highest BCUT2D eigenvalue weighted by atomic mass is 32.2. The highest BCUT2D eigenvalue weighted by molar-refractivity contribution is 7.86. The molecular weight excluding hydrogens is 276 g/mol. The zero-order chi connectivity index (χ0) is 14.8. The molecule has 1 fully saturated rings. The molecule has 0 aliphatic carbocycles.